The number of nitrogens with two attached hydrogens (primary N) is 1. The van der Waals surface area contributed by atoms with Gasteiger partial charge in [0.1, 0.15) is 5.75 Å². The van der Waals surface area contributed by atoms with E-state index in [1.54, 1.807) is 29.1 Å². The smallest absolute Gasteiger partial charge is 0.259 e. The number of aromatic nitrogens is 2. The number of aromatic hydroxyl groups is 1. The zero-order chi connectivity index (χ0) is 24.9. The molecule has 2 amide bonds. The van der Waals surface area contributed by atoms with E-state index in [4.69, 9.17) is 5.73 Å². The first-order valence-electron chi connectivity index (χ1n) is 11.7. The van der Waals surface area contributed by atoms with E-state index in [-0.39, 0.29) is 23.4 Å². The third-order valence-electron chi connectivity index (χ3n) is 7.29. The summed E-state index contributed by atoms with van der Waals surface area (Å²) in [6.45, 7) is 4.04. The van der Waals surface area contributed by atoms with Crippen LogP contribution in [0.1, 0.15) is 37.8 Å². The topological polar surface area (TPSA) is 133 Å². The van der Waals surface area contributed by atoms with E-state index in [0.717, 1.165) is 10.9 Å². The number of nitrogens with one attached hydrogen (secondary N) is 2. The summed E-state index contributed by atoms with van der Waals surface area (Å²) in [4.78, 5) is 29.3. The summed E-state index contributed by atoms with van der Waals surface area (Å²) in [7, 11) is 0. The number of fused-ring (bicyclic) bond motifs is 2. The van der Waals surface area contributed by atoms with Crippen molar-refractivity contribution in [3.05, 3.63) is 66.0 Å². The Labute approximate surface area is 202 Å². The van der Waals surface area contributed by atoms with Gasteiger partial charge in [-0.1, -0.05) is 38.1 Å². The van der Waals surface area contributed by atoms with Crippen LogP contribution in [-0.2, 0) is 16.1 Å². The predicted molar refractivity (Wildman–Crippen MR) is 135 cm³/mol. The number of phenolic OH excluding ortho intramolecular Hbond substituents is 1. The van der Waals surface area contributed by atoms with Gasteiger partial charge >= 0.3 is 0 Å². The highest BCUT2D eigenvalue weighted by Gasteiger charge is 2.36. The fraction of sp³-hybridized carbons (Fsp3) is 0.259. The second kappa shape index (κ2) is 8.41. The van der Waals surface area contributed by atoms with Crippen LogP contribution >= 0.6 is 0 Å². The molecule has 1 aliphatic rings. The van der Waals surface area contributed by atoms with Gasteiger partial charge in [0.15, 0.2) is 0 Å². The normalized spacial score (nSPS) is 15.4. The number of aliphatic hydroxyl groups is 1. The highest BCUT2D eigenvalue weighted by molar-refractivity contribution is 6.50. The fourth-order valence-electron chi connectivity index (χ4n) is 5.01. The number of carbonyl (C=O) groups excluding carboxylic acids is 2. The lowest BCUT2D eigenvalue weighted by molar-refractivity contribution is -0.122. The Hall–Kier alpha value is -3.88. The highest BCUT2D eigenvalue weighted by Crippen LogP contribution is 2.41. The highest BCUT2D eigenvalue weighted by atomic mass is 16.3. The molecular weight excluding hydrogens is 444 g/mol. The maximum Gasteiger partial charge on any atom is 0.259 e. The molecule has 2 aromatic heterocycles. The molecular formula is C27H28N4O4. The van der Waals surface area contributed by atoms with Crippen LogP contribution in [0.3, 0.4) is 0 Å². The summed E-state index contributed by atoms with van der Waals surface area (Å²) in [5.41, 5.74) is 8.58. The molecule has 4 aromatic rings. The van der Waals surface area contributed by atoms with Crippen molar-refractivity contribution in [1.82, 2.24) is 14.9 Å². The Bertz CT molecular complexity index is 1510. The number of H-pyrrole nitrogens is 1. The van der Waals surface area contributed by atoms with Crippen LogP contribution in [0, 0.1) is 0 Å². The summed E-state index contributed by atoms with van der Waals surface area (Å²) >= 11 is 0. The first kappa shape index (κ1) is 22.9. The van der Waals surface area contributed by atoms with Crippen molar-refractivity contribution in [1.29, 1.82) is 0 Å². The van der Waals surface area contributed by atoms with E-state index in [0.29, 0.717) is 34.9 Å². The maximum absolute atomic E-state index is 13.1. The fourth-order valence-corrected chi connectivity index (χ4v) is 5.01. The number of aliphatic hydroxyl groups excluding tert-OH is 1. The van der Waals surface area contributed by atoms with Crippen LogP contribution in [0.25, 0.3) is 33.0 Å². The number of benzene rings is 2. The standard InChI is InChI=1S/C27H28N4O4/c1-3-27(28,4-2)21(33)14-31-13-17(22-19(31)10-7-11-20(22)32)24-23(25(34)30-26(24)35)16-12-29-18-9-6-5-8-15(16)18/h5-13,21,29,32-33H,3-4,14,28H2,1-2H3,(H,30,34,35). The lowest BCUT2D eigenvalue weighted by Crippen LogP contribution is -2.51. The zero-order valence-corrected chi connectivity index (χ0v) is 19.6. The molecule has 0 radical (unpaired) electrons. The quantitative estimate of drug-likeness (QED) is 0.263. The van der Waals surface area contributed by atoms with Gasteiger partial charge in [-0.25, -0.2) is 0 Å². The van der Waals surface area contributed by atoms with E-state index in [2.05, 4.69) is 10.3 Å². The van der Waals surface area contributed by atoms with E-state index < -0.39 is 23.5 Å². The minimum absolute atomic E-state index is 0.0198. The maximum atomic E-state index is 13.1. The average molecular weight is 473 g/mol. The van der Waals surface area contributed by atoms with Gasteiger partial charge in [-0.15, -0.1) is 0 Å². The van der Waals surface area contributed by atoms with Crippen molar-refractivity contribution in [2.45, 2.75) is 44.9 Å². The van der Waals surface area contributed by atoms with Crippen molar-refractivity contribution in [2.24, 2.45) is 5.73 Å². The minimum atomic E-state index is -0.857. The molecule has 6 N–H and O–H groups in total. The van der Waals surface area contributed by atoms with E-state index in [9.17, 15) is 19.8 Å². The van der Waals surface area contributed by atoms with Crippen LogP contribution in [-0.4, -0.2) is 43.2 Å². The van der Waals surface area contributed by atoms with Gasteiger partial charge in [0.05, 0.1) is 29.3 Å². The minimum Gasteiger partial charge on any atom is -0.507 e. The second-order valence-electron chi connectivity index (χ2n) is 9.10. The van der Waals surface area contributed by atoms with Crippen molar-refractivity contribution in [2.75, 3.05) is 0 Å². The van der Waals surface area contributed by atoms with Crippen LogP contribution < -0.4 is 11.1 Å². The monoisotopic (exact) mass is 472 g/mol. The Morgan fingerprint density at radius 1 is 1.00 bits per heavy atom. The third kappa shape index (κ3) is 3.53. The van der Waals surface area contributed by atoms with Gasteiger partial charge in [-0.2, -0.15) is 0 Å². The van der Waals surface area contributed by atoms with Gasteiger partial charge in [-0.05, 0) is 31.0 Å². The number of amides is 2. The van der Waals surface area contributed by atoms with Crippen molar-refractivity contribution >= 4 is 44.8 Å². The van der Waals surface area contributed by atoms with Crippen LogP contribution in [0.5, 0.6) is 5.75 Å². The van der Waals surface area contributed by atoms with Crippen LogP contribution in [0.15, 0.2) is 54.9 Å². The van der Waals surface area contributed by atoms with Gasteiger partial charge in [0.2, 0.25) is 0 Å². The summed E-state index contributed by atoms with van der Waals surface area (Å²) in [6, 6.07) is 12.6. The third-order valence-corrected chi connectivity index (χ3v) is 7.29. The van der Waals surface area contributed by atoms with Crippen LogP contribution in [0.4, 0.5) is 0 Å². The molecule has 180 valence electrons. The van der Waals surface area contributed by atoms with Gasteiger partial charge in [0.25, 0.3) is 11.8 Å². The second-order valence-corrected chi connectivity index (χ2v) is 9.10. The van der Waals surface area contributed by atoms with Crippen LogP contribution in [0.2, 0.25) is 0 Å². The Balaban J connectivity index is 1.74. The number of carbonyl (C=O) groups is 2. The lowest BCUT2D eigenvalue weighted by Gasteiger charge is -2.32. The number of aromatic amines is 1. The summed E-state index contributed by atoms with van der Waals surface area (Å²) in [5, 5.41) is 25.5. The van der Waals surface area contributed by atoms with E-state index >= 15 is 0 Å². The van der Waals surface area contributed by atoms with Gasteiger partial charge in [-0.3, -0.25) is 14.9 Å². The molecule has 0 aliphatic carbocycles. The van der Waals surface area contributed by atoms with Gasteiger partial charge < -0.3 is 25.5 Å². The predicted octanol–water partition coefficient (Wildman–Crippen LogP) is 3.27. The molecule has 5 rings (SSSR count). The molecule has 1 atom stereocenters. The average Bonchev–Trinajstić information content (AvgIpc) is 3.52. The molecule has 1 aliphatic heterocycles. The van der Waals surface area contributed by atoms with Gasteiger partial charge in [0, 0.05) is 45.3 Å². The molecule has 0 spiro atoms. The first-order valence-corrected chi connectivity index (χ1v) is 11.7. The van der Waals surface area contributed by atoms with Crippen molar-refractivity contribution < 1.29 is 19.8 Å². The summed E-state index contributed by atoms with van der Waals surface area (Å²) < 4.78 is 1.79. The number of hydrogen-bond donors (Lipinski definition) is 5. The molecule has 0 saturated heterocycles. The first-order chi connectivity index (χ1) is 16.8. The summed E-state index contributed by atoms with van der Waals surface area (Å²) in [5.74, 6) is -1.05. The number of phenols is 1. The number of nitrogens with zero attached hydrogens (tertiary/aromatic N) is 1. The van der Waals surface area contributed by atoms with E-state index in [1.807, 2.05) is 44.2 Å². The molecule has 8 heteroatoms. The number of imide groups is 1. The SMILES string of the molecule is CCC(N)(CC)C(O)Cn1cc(C2=C(c3c[nH]c4ccccc34)C(=O)NC2=O)c2c(O)cccc21. The van der Waals surface area contributed by atoms with Crippen molar-refractivity contribution in [3.8, 4) is 5.75 Å². The van der Waals surface area contributed by atoms with Crippen molar-refractivity contribution in [3.63, 3.8) is 0 Å². The lowest BCUT2D eigenvalue weighted by atomic mass is 9.87. The Morgan fingerprint density at radius 3 is 2.40 bits per heavy atom. The number of para-hydroxylation sites is 1. The summed E-state index contributed by atoms with van der Waals surface area (Å²) in [6.07, 6.45) is 3.75. The molecule has 1 unspecified atom stereocenters. The molecule has 0 saturated carbocycles. The molecule has 3 heterocycles. The number of hydrogen-bond acceptors (Lipinski definition) is 5. The molecule has 0 fully saturated rings. The van der Waals surface area contributed by atoms with E-state index in [1.165, 1.54) is 0 Å². The molecule has 8 nitrogen and oxygen atoms in total. The zero-order valence-electron chi connectivity index (χ0n) is 19.6. The Kier molecular flexibility index (Phi) is 5.50. The molecule has 35 heavy (non-hydrogen) atoms. The largest absolute Gasteiger partial charge is 0.507 e. The molecule has 0 bridgehead atoms. The molecule has 2 aromatic carbocycles. The Morgan fingerprint density at radius 2 is 1.69 bits per heavy atom. The number of rotatable bonds is 7.